The van der Waals surface area contributed by atoms with Crippen molar-refractivity contribution in [2.24, 2.45) is 5.73 Å². The Labute approximate surface area is 127 Å². The van der Waals surface area contributed by atoms with Crippen LogP contribution in [0.15, 0.2) is 42.5 Å². The second-order valence-electron chi connectivity index (χ2n) is 4.33. The molecule has 0 unspecified atom stereocenters. The van der Waals surface area contributed by atoms with Crippen LogP contribution in [0.2, 0.25) is 0 Å². The van der Waals surface area contributed by atoms with E-state index in [2.05, 4.69) is 0 Å². The van der Waals surface area contributed by atoms with Gasteiger partial charge in [-0.05, 0) is 24.3 Å². The molecule has 0 bridgehead atoms. The second-order valence-corrected chi connectivity index (χ2v) is 4.33. The molecule has 0 aliphatic carbocycles. The molecule has 5 nitrogen and oxygen atoms in total. The molecule has 0 aliphatic heterocycles. The smallest absolute Gasteiger partial charge is 0.252 e. The summed E-state index contributed by atoms with van der Waals surface area (Å²) in [6, 6.07) is 10.9. The van der Waals surface area contributed by atoms with E-state index < -0.39 is 11.7 Å². The average molecular weight is 305 g/mol. The van der Waals surface area contributed by atoms with Crippen LogP contribution >= 0.6 is 0 Å². The lowest BCUT2D eigenvalue weighted by Crippen LogP contribution is -2.16. The first-order valence-corrected chi connectivity index (χ1v) is 6.60. The Balaban J connectivity index is 2.00. The van der Waals surface area contributed by atoms with E-state index in [-0.39, 0.29) is 30.3 Å². The van der Waals surface area contributed by atoms with Gasteiger partial charge in [-0.3, -0.25) is 4.79 Å². The third-order valence-corrected chi connectivity index (χ3v) is 2.89. The molecular formula is C16H16FNO4. The fourth-order valence-corrected chi connectivity index (χ4v) is 1.88. The summed E-state index contributed by atoms with van der Waals surface area (Å²) in [4.78, 5) is 11.4. The van der Waals surface area contributed by atoms with Crippen LogP contribution in [0.5, 0.6) is 17.2 Å². The molecule has 2 N–H and O–H groups in total. The number of para-hydroxylation sites is 2. The number of benzene rings is 2. The molecule has 1 amide bonds. The fourth-order valence-electron chi connectivity index (χ4n) is 1.88. The SMILES string of the molecule is COc1cccc(C(N)=O)c1OCCOc1ccccc1F. The number of methoxy groups -OCH3 is 1. The normalized spacial score (nSPS) is 10.1. The number of carbonyl (C=O) groups is 1. The molecule has 0 heterocycles. The van der Waals surface area contributed by atoms with Crippen molar-refractivity contribution in [2.45, 2.75) is 0 Å². The standard InChI is InChI=1S/C16H16FNO4/c1-20-14-8-4-5-11(16(18)19)15(14)22-10-9-21-13-7-3-2-6-12(13)17/h2-8H,9-10H2,1H3,(H2,18,19). The summed E-state index contributed by atoms with van der Waals surface area (Å²) in [7, 11) is 1.46. The van der Waals surface area contributed by atoms with Gasteiger partial charge in [-0.25, -0.2) is 4.39 Å². The molecule has 116 valence electrons. The monoisotopic (exact) mass is 305 g/mol. The number of rotatable bonds is 7. The third-order valence-electron chi connectivity index (χ3n) is 2.89. The van der Waals surface area contributed by atoms with Gasteiger partial charge < -0.3 is 19.9 Å². The molecule has 0 radical (unpaired) electrons. The Morgan fingerprint density at radius 3 is 2.41 bits per heavy atom. The predicted molar refractivity (Wildman–Crippen MR) is 78.9 cm³/mol. The van der Waals surface area contributed by atoms with Crippen LogP contribution in [-0.4, -0.2) is 26.2 Å². The first-order chi connectivity index (χ1) is 10.6. The summed E-state index contributed by atoms with van der Waals surface area (Å²) < 4.78 is 29.3. The van der Waals surface area contributed by atoms with Gasteiger partial charge in [0.05, 0.1) is 12.7 Å². The number of primary amides is 1. The minimum Gasteiger partial charge on any atom is -0.493 e. The van der Waals surface area contributed by atoms with Gasteiger partial charge in [-0.15, -0.1) is 0 Å². The van der Waals surface area contributed by atoms with Crippen LogP contribution in [0.1, 0.15) is 10.4 Å². The van der Waals surface area contributed by atoms with Crippen molar-refractivity contribution < 1.29 is 23.4 Å². The van der Waals surface area contributed by atoms with E-state index in [9.17, 15) is 9.18 Å². The van der Waals surface area contributed by atoms with Gasteiger partial charge in [0, 0.05) is 0 Å². The lowest BCUT2D eigenvalue weighted by atomic mass is 10.2. The quantitative estimate of drug-likeness (QED) is 0.797. The van der Waals surface area contributed by atoms with Gasteiger partial charge in [0.15, 0.2) is 23.1 Å². The zero-order chi connectivity index (χ0) is 15.9. The molecule has 0 saturated heterocycles. The van der Waals surface area contributed by atoms with Crippen molar-refractivity contribution in [3.8, 4) is 17.2 Å². The summed E-state index contributed by atoms with van der Waals surface area (Å²) in [5.41, 5.74) is 5.51. The zero-order valence-corrected chi connectivity index (χ0v) is 12.0. The lowest BCUT2D eigenvalue weighted by molar-refractivity contribution is 0.0994. The Morgan fingerprint density at radius 2 is 1.73 bits per heavy atom. The second kappa shape index (κ2) is 7.31. The minimum atomic E-state index is -0.621. The number of halogens is 1. The number of carbonyl (C=O) groups excluding carboxylic acids is 1. The van der Waals surface area contributed by atoms with Crippen LogP contribution in [-0.2, 0) is 0 Å². The van der Waals surface area contributed by atoms with E-state index in [1.54, 1.807) is 24.3 Å². The van der Waals surface area contributed by atoms with Crippen LogP contribution in [0.25, 0.3) is 0 Å². The highest BCUT2D eigenvalue weighted by Gasteiger charge is 2.14. The van der Waals surface area contributed by atoms with Gasteiger partial charge in [-0.2, -0.15) is 0 Å². The highest BCUT2D eigenvalue weighted by molar-refractivity contribution is 5.96. The Kier molecular flexibility index (Phi) is 5.19. The van der Waals surface area contributed by atoms with E-state index in [4.69, 9.17) is 19.9 Å². The molecule has 0 aromatic heterocycles. The van der Waals surface area contributed by atoms with E-state index in [1.165, 1.54) is 25.3 Å². The number of hydrogen-bond acceptors (Lipinski definition) is 4. The minimum absolute atomic E-state index is 0.106. The zero-order valence-electron chi connectivity index (χ0n) is 12.0. The maximum atomic E-state index is 13.4. The number of ether oxygens (including phenoxy) is 3. The summed E-state index contributed by atoms with van der Waals surface area (Å²) in [6.07, 6.45) is 0. The van der Waals surface area contributed by atoms with E-state index in [0.29, 0.717) is 5.75 Å². The van der Waals surface area contributed by atoms with Crippen molar-refractivity contribution in [1.29, 1.82) is 0 Å². The molecule has 0 spiro atoms. The third kappa shape index (κ3) is 3.66. The van der Waals surface area contributed by atoms with Gasteiger partial charge in [0.1, 0.15) is 13.2 Å². The van der Waals surface area contributed by atoms with Crippen molar-refractivity contribution in [2.75, 3.05) is 20.3 Å². The van der Waals surface area contributed by atoms with Crippen LogP contribution in [0.3, 0.4) is 0 Å². The number of amides is 1. The molecular weight excluding hydrogens is 289 g/mol. The summed E-state index contributed by atoms with van der Waals surface area (Å²) in [5, 5.41) is 0. The van der Waals surface area contributed by atoms with Crippen LogP contribution < -0.4 is 19.9 Å². The van der Waals surface area contributed by atoms with Crippen LogP contribution in [0.4, 0.5) is 4.39 Å². The molecule has 0 atom stereocenters. The van der Waals surface area contributed by atoms with Crippen molar-refractivity contribution >= 4 is 5.91 Å². The average Bonchev–Trinajstić information content (AvgIpc) is 2.52. The highest BCUT2D eigenvalue weighted by atomic mass is 19.1. The molecule has 0 aliphatic rings. The maximum absolute atomic E-state index is 13.4. The molecule has 2 rings (SSSR count). The molecule has 22 heavy (non-hydrogen) atoms. The predicted octanol–water partition coefficient (Wildman–Crippen LogP) is 2.39. The van der Waals surface area contributed by atoms with Crippen molar-refractivity contribution in [1.82, 2.24) is 0 Å². The van der Waals surface area contributed by atoms with E-state index in [0.717, 1.165) is 0 Å². The number of nitrogens with two attached hydrogens (primary N) is 1. The summed E-state index contributed by atoms with van der Waals surface area (Å²) >= 11 is 0. The van der Waals surface area contributed by atoms with E-state index >= 15 is 0 Å². The Hall–Kier alpha value is -2.76. The molecule has 2 aromatic carbocycles. The van der Waals surface area contributed by atoms with Crippen molar-refractivity contribution in [3.63, 3.8) is 0 Å². The van der Waals surface area contributed by atoms with Gasteiger partial charge in [0.25, 0.3) is 5.91 Å². The van der Waals surface area contributed by atoms with Gasteiger partial charge >= 0.3 is 0 Å². The lowest BCUT2D eigenvalue weighted by Gasteiger charge is -2.14. The van der Waals surface area contributed by atoms with Crippen LogP contribution in [0, 0.1) is 5.82 Å². The fraction of sp³-hybridized carbons (Fsp3) is 0.188. The molecule has 0 saturated carbocycles. The molecule has 6 heteroatoms. The Morgan fingerprint density at radius 1 is 1.05 bits per heavy atom. The largest absolute Gasteiger partial charge is 0.493 e. The molecule has 2 aromatic rings. The first kappa shape index (κ1) is 15.6. The topological polar surface area (TPSA) is 70.8 Å². The Bertz CT molecular complexity index is 660. The highest BCUT2D eigenvalue weighted by Crippen LogP contribution is 2.30. The van der Waals surface area contributed by atoms with E-state index in [1.807, 2.05) is 0 Å². The van der Waals surface area contributed by atoms with Gasteiger partial charge in [0.2, 0.25) is 0 Å². The number of hydrogen-bond donors (Lipinski definition) is 1. The summed E-state index contributed by atoms with van der Waals surface area (Å²) in [6.45, 7) is 0.214. The maximum Gasteiger partial charge on any atom is 0.252 e. The summed E-state index contributed by atoms with van der Waals surface area (Å²) in [5.74, 6) is -0.292. The van der Waals surface area contributed by atoms with Gasteiger partial charge in [-0.1, -0.05) is 18.2 Å². The first-order valence-electron chi connectivity index (χ1n) is 6.60. The van der Waals surface area contributed by atoms with Crippen molar-refractivity contribution in [3.05, 3.63) is 53.8 Å². The molecule has 0 fully saturated rings.